The second-order valence-corrected chi connectivity index (χ2v) is 12.5. The molecular formula is C36H29BrN2O4S. The van der Waals surface area contributed by atoms with Crippen LogP contribution in [-0.4, -0.2) is 18.8 Å². The van der Waals surface area contributed by atoms with Crippen molar-refractivity contribution >= 4 is 39.0 Å². The summed E-state index contributed by atoms with van der Waals surface area (Å²) in [5, 5.41) is 0. The average molecular weight is 666 g/mol. The number of benzene rings is 4. The summed E-state index contributed by atoms with van der Waals surface area (Å²) in [5.74, 6) is 1.94. The van der Waals surface area contributed by atoms with Crippen LogP contribution >= 0.6 is 27.3 Å². The summed E-state index contributed by atoms with van der Waals surface area (Å²) < 4.78 is 20.8. The van der Waals surface area contributed by atoms with Crippen LogP contribution in [0.25, 0.3) is 11.8 Å². The molecule has 5 aromatic rings. The number of thiazole rings is 1. The van der Waals surface area contributed by atoms with Crippen LogP contribution in [0.5, 0.6) is 17.2 Å². The number of rotatable bonds is 7. The minimum absolute atomic E-state index is 0.0884. The number of hydrogen-bond acceptors (Lipinski definition) is 6. The summed E-state index contributed by atoms with van der Waals surface area (Å²) in [7, 11) is 3.29. The molecule has 0 radical (unpaired) electrons. The van der Waals surface area contributed by atoms with E-state index in [0.29, 0.717) is 27.4 Å². The van der Waals surface area contributed by atoms with Crippen molar-refractivity contribution < 1.29 is 14.2 Å². The molecule has 1 aliphatic carbocycles. The predicted molar refractivity (Wildman–Crippen MR) is 177 cm³/mol. The number of para-hydroxylation sites is 1. The highest BCUT2D eigenvalue weighted by molar-refractivity contribution is 9.10. The summed E-state index contributed by atoms with van der Waals surface area (Å²) in [6, 6.07) is 29.9. The first kappa shape index (κ1) is 28.4. The zero-order chi connectivity index (χ0) is 30.2. The van der Waals surface area contributed by atoms with Crippen molar-refractivity contribution in [1.82, 2.24) is 4.57 Å². The van der Waals surface area contributed by atoms with Crippen LogP contribution in [0, 0.1) is 0 Å². The first-order chi connectivity index (χ1) is 21.6. The number of ether oxygens (including phenoxy) is 3. The molecular weight excluding hydrogens is 636 g/mol. The number of halogens is 1. The number of nitrogens with zero attached hydrogens (tertiary/aromatic N) is 2. The minimum Gasteiger partial charge on any atom is -0.496 e. The molecule has 1 atom stereocenters. The lowest BCUT2D eigenvalue weighted by Crippen LogP contribution is -2.39. The van der Waals surface area contributed by atoms with Crippen LogP contribution in [0.15, 0.2) is 111 Å². The van der Waals surface area contributed by atoms with Crippen molar-refractivity contribution in [2.45, 2.75) is 25.5 Å². The summed E-state index contributed by atoms with van der Waals surface area (Å²) in [4.78, 5) is 20.0. The molecule has 2 aliphatic rings. The molecule has 8 heteroatoms. The van der Waals surface area contributed by atoms with Gasteiger partial charge in [0.05, 0.1) is 35.0 Å². The monoisotopic (exact) mass is 664 g/mol. The molecule has 1 aliphatic heterocycles. The molecule has 6 nitrogen and oxygen atoms in total. The average Bonchev–Trinajstić information content (AvgIpc) is 3.37. The highest BCUT2D eigenvalue weighted by Crippen LogP contribution is 2.43. The van der Waals surface area contributed by atoms with Crippen molar-refractivity contribution in [2.24, 2.45) is 4.99 Å². The van der Waals surface area contributed by atoms with Crippen molar-refractivity contribution in [1.29, 1.82) is 0 Å². The molecule has 0 saturated heterocycles. The summed E-state index contributed by atoms with van der Waals surface area (Å²) in [6.45, 7) is 0.407. The van der Waals surface area contributed by atoms with Gasteiger partial charge in [-0.1, -0.05) is 84.1 Å². The maximum absolute atomic E-state index is 14.2. The molecule has 44 heavy (non-hydrogen) atoms. The standard InChI is InChI=1S/C36H29BrN2O4S/c1-41-29-15-9-8-14-26(29)33-27-17-16-24-12-6-7-13-25(24)32(27)38-36-39(33)35(40)31(44-36)20-23-18-28(37)34(30(19-23)42-2)43-21-22-10-4-3-5-11-22/h3-15,18-20,33H,16-17,21H2,1-2H3/b31-20+/t33-/m0/s1. The Bertz CT molecular complexity index is 2100. The van der Waals surface area contributed by atoms with E-state index in [1.807, 2.05) is 77.4 Å². The van der Waals surface area contributed by atoms with E-state index in [1.165, 1.54) is 16.9 Å². The number of aromatic nitrogens is 1. The van der Waals surface area contributed by atoms with Gasteiger partial charge >= 0.3 is 0 Å². The third kappa shape index (κ3) is 5.08. The molecule has 4 aromatic carbocycles. The molecule has 1 aromatic heterocycles. The van der Waals surface area contributed by atoms with Gasteiger partial charge in [-0.2, -0.15) is 0 Å². The lowest BCUT2D eigenvalue weighted by molar-refractivity contribution is 0.282. The molecule has 0 saturated carbocycles. The molecule has 0 amide bonds. The Kier molecular flexibility index (Phi) is 7.70. The van der Waals surface area contributed by atoms with E-state index in [1.54, 1.807) is 14.2 Å². The van der Waals surface area contributed by atoms with E-state index in [2.05, 4.69) is 40.2 Å². The fourth-order valence-electron chi connectivity index (χ4n) is 6.04. The van der Waals surface area contributed by atoms with Crippen molar-refractivity contribution in [2.75, 3.05) is 14.2 Å². The first-order valence-electron chi connectivity index (χ1n) is 14.4. The maximum atomic E-state index is 14.2. The zero-order valence-electron chi connectivity index (χ0n) is 24.2. The van der Waals surface area contributed by atoms with Gasteiger partial charge in [-0.05, 0) is 75.3 Å². The van der Waals surface area contributed by atoms with E-state index in [9.17, 15) is 4.79 Å². The summed E-state index contributed by atoms with van der Waals surface area (Å²) in [5.41, 5.74) is 7.24. The van der Waals surface area contributed by atoms with Crippen LogP contribution in [-0.2, 0) is 13.0 Å². The third-order valence-electron chi connectivity index (χ3n) is 8.08. The minimum atomic E-state index is -0.317. The van der Waals surface area contributed by atoms with E-state index >= 15 is 0 Å². The normalized spacial score (nSPS) is 15.6. The van der Waals surface area contributed by atoms with Crippen molar-refractivity contribution in [3.05, 3.63) is 149 Å². The molecule has 0 bridgehead atoms. The second-order valence-electron chi connectivity index (χ2n) is 10.7. The van der Waals surface area contributed by atoms with E-state index < -0.39 is 0 Å². The van der Waals surface area contributed by atoms with Gasteiger partial charge in [0.1, 0.15) is 12.4 Å². The zero-order valence-corrected chi connectivity index (χ0v) is 26.7. The topological polar surface area (TPSA) is 62.0 Å². The van der Waals surface area contributed by atoms with Gasteiger partial charge in [0.15, 0.2) is 16.3 Å². The molecule has 0 fully saturated rings. The molecule has 0 N–H and O–H groups in total. The SMILES string of the molecule is COc1ccccc1[C@H]1C2=C(N=c3s/c(=C/c4cc(Br)c(OCc5ccccc5)c(OC)c4)c(=O)n31)c1ccccc1CC2. The number of fused-ring (bicyclic) bond motifs is 3. The van der Waals surface area contributed by atoms with Crippen LogP contribution in [0.2, 0.25) is 0 Å². The van der Waals surface area contributed by atoms with E-state index in [0.717, 1.165) is 56.6 Å². The van der Waals surface area contributed by atoms with Gasteiger partial charge in [0.2, 0.25) is 0 Å². The van der Waals surface area contributed by atoms with Gasteiger partial charge < -0.3 is 14.2 Å². The molecule has 220 valence electrons. The number of methoxy groups -OCH3 is 2. The lowest BCUT2D eigenvalue weighted by atomic mass is 9.83. The second kappa shape index (κ2) is 11.9. The summed E-state index contributed by atoms with van der Waals surface area (Å²) >= 11 is 5.07. The van der Waals surface area contributed by atoms with Crippen molar-refractivity contribution in [3.63, 3.8) is 0 Å². The largest absolute Gasteiger partial charge is 0.496 e. The quantitative estimate of drug-likeness (QED) is 0.195. The highest BCUT2D eigenvalue weighted by atomic mass is 79.9. The van der Waals surface area contributed by atoms with Crippen LogP contribution in [0.1, 0.15) is 40.3 Å². The molecule has 0 spiro atoms. The fourth-order valence-corrected chi connectivity index (χ4v) is 7.61. The van der Waals surface area contributed by atoms with Crippen LogP contribution in [0.4, 0.5) is 0 Å². The Labute approximate surface area is 267 Å². The Hall–Kier alpha value is -4.40. The van der Waals surface area contributed by atoms with Gasteiger partial charge in [-0.25, -0.2) is 4.99 Å². The van der Waals surface area contributed by atoms with Gasteiger partial charge in [-0.3, -0.25) is 9.36 Å². The highest BCUT2D eigenvalue weighted by Gasteiger charge is 2.34. The van der Waals surface area contributed by atoms with Crippen LogP contribution < -0.4 is 29.1 Å². The summed E-state index contributed by atoms with van der Waals surface area (Å²) in [6.07, 6.45) is 3.61. The van der Waals surface area contributed by atoms with Gasteiger partial charge in [0.25, 0.3) is 5.56 Å². The Morgan fingerprint density at radius 3 is 2.50 bits per heavy atom. The van der Waals surface area contributed by atoms with Crippen LogP contribution in [0.3, 0.4) is 0 Å². The molecule has 2 heterocycles. The van der Waals surface area contributed by atoms with Crippen molar-refractivity contribution in [3.8, 4) is 17.2 Å². The Balaban J connectivity index is 1.36. The number of allylic oxidation sites excluding steroid dienone is 1. The molecule has 7 rings (SSSR count). The predicted octanol–water partition coefficient (Wildman–Crippen LogP) is 6.68. The molecule has 0 unspecified atom stereocenters. The Morgan fingerprint density at radius 2 is 1.68 bits per heavy atom. The number of aryl methyl sites for hydroxylation is 1. The fraction of sp³-hybridized carbons (Fsp3) is 0.167. The van der Waals surface area contributed by atoms with E-state index in [-0.39, 0.29) is 11.6 Å². The maximum Gasteiger partial charge on any atom is 0.271 e. The van der Waals surface area contributed by atoms with Gasteiger partial charge in [0, 0.05) is 11.1 Å². The third-order valence-corrected chi connectivity index (χ3v) is 9.65. The number of hydrogen-bond donors (Lipinski definition) is 0. The Morgan fingerprint density at radius 1 is 0.932 bits per heavy atom. The smallest absolute Gasteiger partial charge is 0.271 e. The lowest BCUT2D eigenvalue weighted by Gasteiger charge is -2.31. The first-order valence-corrected chi connectivity index (χ1v) is 16.0. The van der Waals surface area contributed by atoms with Gasteiger partial charge in [-0.15, -0.1) is 0 Å². The van der Waals surface area contributed by atoms with E-state index in [4.69, 9.17) is 19.2 Å².